The van der Waals surface area contributed by atoms with Gasteiger partial charge < -0.3 is 24.8 Å². The number of esters is 1. The maximum Gasteiger partial charge on any atom is 0.349 e. The van der Waals surface area contributed by atoms with E-state index < -0.39 is 48.5 Å². The highest BCUT2D eigenvalue weighted by molar-refractivity contribution is 7.10. The number of carbonyl (C=O) groups excluding carboxylic acids is 3. The van der Waals surface area contributed by atoms with Crippen LogP contribution in [-0.4, -0.2) is 52.3 Å². The van der Waals surface area contributed by atoms with Gasteiger partial charge >= 0.3 is 17.9 Å². The molecule has 4 atom stereocenters. The Morgan fingerprint density at radius 1 is 1.25 bits per heavy atom. The third-order valence-corrected chi connectivity index (χ3v) is 2.35. The molecular weight excluding hydrogens is 293 g/mol. The summed E-state index contributed by atoms with van der Waals surface area (Å²) in [6.07, 6.45) is -3.32. The molecule has 0 rings (SSSR count). The lowest BCUT2D eigenvalue weighted by Gasteiger charge is -2.16. The summed E-state index contributed by atoms with van der Waals surface area (Å²) in [5.74, 6) is -4.26. The van der Waals surface area contributed by atoms with Crippen molar-refractivity contribution >= 4 is 33.3 Å². The van der Waals surface area contributed by atoms with Crippen LogP contribution >= 0.6 is 9.47 Å². The standard InChI is InChI=1S/C10H16NO8P/c1-4(12)8(14)11-6(9(15)16)3-7(13)18-5(2)10(17)19-20/h4-6,12H,3,20H2,1-2H3,(H,11,14)(H,15,16)/t4-,5-,6-/m0/s1. The zero-order valence-corrected chi connectivity index (χ0v) is 12.0. The number of carboxylic acid groups (broad SMARTS) is 1. The third kappa shape index (κ3) is 6.44. The Hall–Kier alpha value is -1.73. The number of rotatable bonds is 7. The number of hydrogen-bond acceptors (Lipinski definition) is 7. The number of hydrogen-bond donors (Lipinski definition) is 3. The Morgan fingerprint density at radius 3 is 2.20 bits per heavy atom. The number of carboxylic acids is 1. The highest BCUT2D eigenvalue weighted by Gasteiger charge is 2.27. The van der Waals surface area contributed by atoms with E-state index in [2.05, 4.69) is 9.26 Å². The summed E-state index contributed by atoms with van der Waals surface area (Å²) in [5, 5.41) is 19.7. The Balaban J connectivity index is 4.53. The number of aliphatic hydroxyl groups excluding tert-OH is 1. The lowest BCUT2D eigenvalue weighted by molar-refractivity contribution is -0.162. The summed E-state index contributed by atoms with van der Waals surface area (Å²) in [4.78, 5) is 44.5. The fraction of sp³-hybridized carbons (Fsp3) is 0.600. The number of aliphatic hydroxyl groups is 1. The Kier molecular flexibility index (Phi) is 7.71. The highest BCUT2D eigenvalue weighted by atomic mass is 31.0. The average molecular weight is 309 g/mol. The molecule has 10 heteroatoms. The van der Waals surface area contributed by atoms with E-state index in [1.54, 1.807) is 9.47 Å². The van der Waals surface area contributed by atoms with Gasteiger partial charge in [-0.05, 0) is 13.8 Å². The van der Waals surface area contributed by atoms with Crippen molar-refractivity contribution in [1.29, 1.82) is 0 Å². The van der Waals surface area contributed by atoms with Gasteiger partial charge in [-0.15, -0.1) is 0 Å². The average Bonchev–Trinajstić information content (AvgIpc) is 2.36. The second-order valence-corrected chi connectivity index (χ2v) is 4.08. The molecule has 0 aliphatic rings. The summed E-state index contributed by atoms with van der Waals surface area (Å²) in [5.41, 5.74) is 0. The number of carbonyl (C=O) groups is 4. The molecule has 1 unspecified atom stereocenters. The molecule has 0 aromatic carbocycles. The lowest BCUT2D eigenvalue weighted by Crippen LogP contribution is -2.46. The van der Waals surface area contributed by atoms with Crippen LogP contribution in [0.15, 0.2) is 0 Å². The summed E-state index contributed by atoms with van der Waals surface area (Å²) in [6.45, 7) is 2.39. The first-order valence-corrected chi connectivity index (χ1v) is 5.97. The molecule has 0 saturated heterocycles. The highest BCUT2D eigenvalue weighted by Crippen LogP contribution is 2.03. The molecule has 9 nitrogen and oxygen atoms in total. The first-order chi connectivity index (χ1) is 9.18. The molecule has 0 aromatic heterocycles. The third-order valence-electron chi connectivity index (χ3n) is 2.12. The minimum Gasteiger partial charge on any atom is -0.480 e. The van der Waals surface area contributed by atoms with E-state index in [0.29, 0.717) is 0 Å². The largest absolute Gasteiger partial charge is 0.480 e. The van der Waals surface area contributed by atoms with E-state index in [1.165, 1.54) is 6.92 Å². The van der Waals surface area contributed by atoms with Gasteiger partial charge in [0.1, 0.15) is 12.1 Å². The fourth-order valence-electron chi connectivity index (χ4n) is 1.05. The van der Waals surface area contributed by atoms with Crippen molar-refractivity contribution in [2.24, 2.45) is 0 Å². The first kappa shape index (κ1) is 18.3. The molecule has 0 aliphatic heterocycles. The van der Waals surface area contributed by atoms with Crippen LogP contribution in [0.5, 0.6) is 0 Å². The van der Waals surface area contributed by atoms with Gasteiger partial charge in [-0.2, -0.15) is 0 Å². The number of ether oxygens (including phenoxy) is 1. The van der Waals surface area contributed by atoms with E-state index in [9.17, 15) is 19.2 Å². The zero-order valence-electron chi connectivity index (χ0n) is 10.9. The smallest absolute Gasteiger partial charge is 0.349 e. The lowest BCUT2D eigenvalue weighted by atomic mass is 10.2. The summed E-state index contributed by atoms with van der Waals surface area (Å²) >= 11 is 0. The molecule has 0 fully saturated rings. The van der Waals surface area contributed by atoms with Crippen molar-refractivity contribution in [3.8, 4) is 0 Å². The van der Waals surface area contributed by atoms with Crippen LogP contribution < -0.4 is 5.32 Å². The van der Waals surface area contributed by atoms with E-state index >= 15 is 0 Å². The molecule has 0 bridgehead atoms. The van der Waals surface area contributed by atoms with Gasteiger partial charge in [-0.1, -0.05) is 0 Å². The number of aliphatic carboxylic acids is 1. The van der Waals surface area contributed by atoms with Crippen LogP contribution in [0, 0.1) is 0 Å². The summed E-state index contributed by atoms with van der Waals surface area (Å²) in [7, 11) is 1.69. The molecule has 0 saturated carbocycles. The van der Waals surface area contributed by atoms with Gasteiger partial charge in [0, 0.05) is 0 Å². The minimum absolute atomic E-state index is 0.692. The van der Waals surface area contributed by atoms with Crippen LogP contribution in [-0.2, 0) is 28.4 Å². The predicted octanol–water partition coefficient (Wildman–Crippen LogP) is -1.41. The normalized spacial score (nSPS) is 14.6. The van der Waals surface area contributed by atoms with Crippen molar-refractivity contribution in [1.82, 2.24) is 5.32 Å². The fourth-order valence-corrected chi connectivity index (χ4v) is 1.24. The molecular formula is C10H16NO8P. The Bertz CT molecular complexity index is 397. The van der Waals surface area contributed by atoms with Gasteiger partial charge in [-0.3, -0.25) is 9.59 Å². The Labute approximate surface area is 116 Å². The van der Waals surface area contributed by atoms with Crippen LogP contribution in [0.1, 0.15) is 20.3 Å². The molecule has 0 radical (unpaired) electrons. The minimum atomic E-state index is -1.57. The first-order valence-electron chi connectivity index (χ1n) is 5.50. The molecule has 0 spiro atoms. The monoisotopic (exact) mass is 309 g/mol. The summed E-state index contributed by atoms with van der Waals surface area (Å²) < 4.78 is 8.86. The summed E-state index contributed by atoms with van der Waals surface area (Å²) in [6, 6.07) is -1.57. The van der Waals surface area contributed by atoms with Gasteiger partial charge in [0.25, 0.3) is 0 Å². The van der Waals surface area contributed by atoms with Crippen molar-refractivity contribution in [2.45, 2.75) is 38.5 Å². The molecule has 20 heavy (non-hydrogen) atoms. The van der Waals surface area contributed by atoms with E-state index in [0.717, 1.165) is 6.92 Å². The SMILES string of the molecule is C[C@H](O)C(=O)N[C@@H](CC(=O)O[C@@H](C)C(=O)OP)C(=O)O. The quantitative estimate of drug-likeness (QED) is 0.385. The van der Waals surface area contributed by atoms with E-state index in [-0.39, 0.29) is 0 Å². The Morgan fingerprint density at radius 2 is 1.80 bits per heavy atom. The van der Waals surface area contributed by atoms with Gasteiger partial charge in [0.2, 0.25) is 5.91 Å². The van der Waals surface area contributed by atoms with Crippen LogP contribution in [0.3, 0.4) is 0 Å². The van der Waals surface area contributed by atoms with Crippen molar-refractivity contribution in [2.75, 3.05) is 0 Å². The van der Waals surface area contributed by atoms with Crippen LogP contribution in [0.2, 0.25) is 0 Å². The predicted molar refractivity (Wildman–Crippen MR) is 67.2 cm³/mol. The maximum absolute atomic E-state index is 11.4. The topological polar surface area (TPSA) is 139 Å². The van der Waals surface area contributed by atoms with E-state index in [4.69, 9.17) is 10.2 Å². The van der Waals surface area contributed by atoms with Crippen molar-refractivity contribution in [3.63, 3.8) is 0 Å². The number of nitrogens with one attached hydrogen (secondary N) is 1. The molecule has 114 valence electrons. The molecule has 3 N–H and O–H groups in total. The molecule has 0 aromatic rings. The van der Waals surface area contributed by atoms with E-state index in [1.807, 2.05) is 5.32 Å². The molecule has 0 heterocycles. The van der Waals surface area contributed by atoms with Gasteiger partial charge in [0.05, 0.1) is 15.9 Å². The maximum atomic E-state index is 11.4. The van der Waals surface area contributed by atoms with Gasteiger partial charge in [-0.25, -0.2) is 9.59 Å². The van der Waals surface area contributed by atoms with Gasteiger partial charge in [0.15, 0.2) is 6.10 Å². The second-order valence-electron chi connectivity index (χ2n) is 3.85. The van der Waals surface area contributed by atoms with Crippen LogP contribution in [0.4, 0.5) is 0 Å². The van der Waals surface area contributed by atoms with Crippen LogP contribution in [0.25, 0.3) is 0 Å². The van der Waals surface area contributed by atoms with Crippen molar-refractivity contribution < 1.29 is 38.7 Å². The second kappa shape index (κ2) is 8.44. The zero-order chi connectivity index (χ0) is 15.9. The molecule has 1 amide bonds. The molecule has 0 aliphatic carbocycles. The van der Waals surface area contributed by atoms with Crippen molar-refractivity contribution in [3.05, 3.63) is 0 Å². The number of amides is 1.